The Morgan fingerprint density at radius 2 is 2.33 bits per heavy atom. The fourth-order valence-electron chi connectivity index (χ4n) is 1.68. The molecule has 0 aromatic carbocycles. The predicted molar refractivity (Wildman–Crippen MR) is 77.0 cm³/mol. The van der Waals surface area contributed by atoms with E-state index in [1.165, 1.54) is 11.8 Å². The molecule has 1 aromatic rings. The first-order chi connectivity index (χ1) is 8.63. The molecule has 96 valence electrons. The van der Waals surface area contributed by atoms with Crippen molar-refractivity contribution < 1.29 is 9.90 Å². The number of hydrogen-bond acceptors (Lipinski definition) is 4. The minimum atomic E-state index is -0.0698. The van der Waals surface area contributed by atoms with E-state index < -0.39 is 0 Å². The maximum Gasteiger partial charge on any atom is 0.266 e. The third-order valence-electron chi connectivity index (χ3n) is 2.68. The lowest BCUT2D eigenvalue weighted by Gasteiger charge is -2.12. The molecule has 0 spiro atoms. The predicted octanol–water partition coefficient (Wildman–Crippen LogP) is 1.61. The van der Waals surface area contributed by atoms with Gasteiger partial charge in [-0.25, -0.2) is 0 Å². The van der Waals surface area contributed by atoms with Gasteiger partial charge in [0.15, 0.2) is 0 Å². The highest BCUT2D eigenvalue weighted by Crippen LogP contribution is 2.32. The molecule has 0 atom stereocenters. The summed E-state index contributed by atoms with van der Waals surface area (Å²) in [6, 6.07) is 3.87. The SMILES string of the molecule is Cn1cccc1/C=C1\SC(=S)N(CCCO)C1=O. The Kier molecular flexibility index (Phi) is 4.21. The van der Waals surface area contributed by atoms with Gasteiger partial charge in [-0.05, 0) is 24.6 Å². The van der Waals surface area contributed by atoms with Crippen LogP contribution in [0.2, 0.25) is 0 Å². The Morgan fingerprint density at radius 1 is 1.56 bits per heavy atom. The van der Waals surface area contributed by atoms with E-state index in [0.29, 0.717) is 22.2 Å². The Labute approximate surface area is 115 Å². The van der Waals surface area contributed by atoms with Crippen LogP contribution in [0.3, 0.4) is 0 Å². The third-order valence-corrected chi connectivity index (χ3v) is 4.05. The lowest BCUT2D eigenvalue weighted by atomic mass is 10.3. The zero-order chi connectivity index (χ0) is 13.1. The second kappa shape index (κ2) is 5.69. The van der Waals surface area contributed by atoms with Gasteiger partial charge in [0.2, 0.25) is 0 Å². The van der Waals surface area contributed by atoms with Crippen molar-refractivity contribution in [2.24, 2.45) is 7.05 Å². The van der Waals surface area contributed by atoms with Gasteiger partial charge in [-0.1, -0.05) is 24.0 Å². The number of thioether (sulfide) groups is 1. The molecule has 1 aliphatic rings. The van der Waals surface area contributed by atoms with Crippen LogP contribution in [0.25, 0.3) is 6.08 Å². The summed E-state index contributed by atoms with van der Waals surface area (Å²) in [7, 11) is 1.93. The molecular weight excluding hydrogens is 268 g/mol. The first kappa shape index (κ1) is 13.3. The summed E-state index contributed by atoms with van der Waals surface area (Å²) in [5.41, 5.74) is 0.970. The van der Waals surface area contributed by atoms with Gasteiger partial charge in [-0.2, -0.15) is 0 Å². The quantitative estimate of drug-likeness (QED) is 0.673. The number of rotatable bonds is 4. The molecule has 18 heavy (non-hydrogen) atoms. The molecule has 1 N–H and O–H groups in total. The van der Waals surface area contributed by atoms with Gasteiger partial charge in [-0.15, -0.1) is 0 Å². The Balaban J connectivity index is 2.17. The number of carbonyl (C=O) groups excluding carboxylic acids is 1. The van der Waals surface area contributed by atoms with Crippen molar-refractivity contribution in [3.63, 3.8) is 0 Å². The molecule has 1 saturated heterocycles. The van der Waals surface area contributed by atoms with Crippen molar-refractivity contribution >= 4 is 40.3 Å². The summed E-state index contributed by atoms with van der Waals surface area (Å²) in [6.07, 6.45) is 4.32. The minimum absolute atomic E-state index is 0.0634. The Morgan fingerprint density at radius 3 is 2.94 bits per heavy atom. The van der Waals surface area contributed by atoms with Gasteiger partial charge in [-0.3, -0.25) is 9.69 Å². The van der Waals surface area contributed by atoms with Crippen LogP contribution < -0.4 is 0 Å². The van der Waals surface area contributed by atoms with E-state index >= 15 is 0 Å². The summed E-state index contributed by atoms with van der Waals surface area (Å²) >= 11 is 6.49. The Hall–Kier alpha value is -1.11. The highest BCUT2D eigenvalue weighted by atomic mass is 32.2. The number of thiocarbonyl (C=S) groups is 1. The van der Waals surface area contributed by atoms with E-state index in [1.807, 2.05) is 36.0 Å². The molecule has 2 rings (SSSR count). The van der Waals surface area contributed by atoms with E-state index in [4.69, 9.17) is 17.3 Å². The van der Waals surface area contributed by atoms with Gasteiger partial charge >= 0.3 is 0 Å². The zero-order valence-corrected chi connectivity index (χ0v) is 11.6. The van der Waals surface area contributed by atoms with Crippen LogP contribution in [0, 0.1) is 0 Å². The molecule has 1 aliphatic heterocycles. The average molecular weight is 282 g/mol. The first-order valence-corrected chi connectivity index (χ1v) is 6.83. The summed E-state index contributed by atoms with van der Waals surface area (Å²) in [4.78, 5) is 14.3. The van der Waals surface area contributed by atoms with E-state index in [2.05, 4.69) is 0 Å². The first-order valence-electron chi connectivity index (χ1n) is 5.61. The maximum atomic E-state index is 12.1. The van der Waals surface area contributed by atoms with Crippen LogP contribution in [0.4, 0.5) is 0 Å². The minimum Gasteiger partial charge on any atom is -0.396 e. The van der Waals surface area contributed by atoms with Crippen LogP contribution in [0.5, 0.6) is 0 Å². The zero-order valence-electron chi connectivity index (χ0n) is 10.00. The number of hydrogen-bond donors (Lipinski definition) is 1. The molecule has 0 unspecified atom stereocenters. The summed E-state index contributed by atoms with van der Waals surface area (Å²) in [5, 5.41) is 8.80. The molecule has 0 saturated carbocycles. The molecular formula is C12H14N2O2S2. The number of nitrogens with zero attached hydrogens (tertiary/aromatic N) is 2. The van der Waals surface area contributed by atoms with Crippen LogP contribution in [-0.2, 0) is 11.8 Å². The summed E-state index contributed by atoms with van der Waals surface area (Å²) in [6.45, 7) is 0.541. The van der Waals surface area contributed by atoms with Crippen molar-refractivity contribution in [2.75, 3.05) is 13.2 Å². The van der Waals surface area contributed by atoms with Crippen LogP contribution >= 0.6 is 24.0 Å². The molecule has 1 aromatic heterocycles. The summed E-state index contributed by atoms with van der Waals surface area (Å²) < 4.78 is 2.51. The maximum absolute atomic E-state index is 12.1. The van der Waals surface area contributed by atoms with E-state index in [-0.39, 0.29) is 12.5 Å². The van der Waals surface area contributed by atoms with Gasteiger partial charge < -0.3 is 9.67 Å². The second-order valence-electron chi connectivity index (χ2n) is 3.95. The molecule has 6 heteroatoms. The van der Waals surface area contributed by atoms with Gasteiger partial charge in [0.05, 0.1) is 4.91 Å². The molecule has 4 nitrogen and oxygen atoms in total. The van der Waals surface area contributed by atoms with Gasteiger partial charge in [0, 0.05) is 32.1 Å². The van der Waals surface area contributed by atoms with Crippen LogP contribution in [0.15, 0.2) is 23.2 Å². The van der Waals surface area contributed by atoms with Gasteiger partial charge in [0.25, 0.3) is 5.91 Å². The van der Waals surface area contributed by atoms with Crippen molar-refractivity contribution in [3.8, 4) is 0 Å². The Bertz CT molecular complexity index is 508. The lowest BCUT2D eigenvalue weighted by Crippen LogP contribution is -2.29. The fraction of sp³-hybridized carbons (Fsp3) is 0.333. The highest BCUT2D eigenvalue weighted by Gasteiger charge is 2.31. The van der Waals surface area contributed by atoms with Crippen LogP contribution in [-0.4, -0.2) is 38.0 Å². The standard InChI is InChI=1S/C12H14N2O2S2/c1-13-5-2-4-9(13)8-10-11(16)14(6-3-7-15)12(17)18-10/h2,4-5,8,15H,3,6-7H2,1H3/b10-8-. The second-order valence-corrected chi connectivity index (χ2v) is 5.63. The molecule has 0 aliphatic carbocycles. The van der Waals surface area contributed by atoms with Crippen molar-refractivity contribution in [1.82, 2.24) is 9.47 Å². The molecule has 2 heterocycles. The van der Waals surface area contributed by atoms with Crippen LogP contribution in [0.1, 0.15) is 12.1 Å². The number of aliphatic hydroxyl groups excluding tert-OH is 1. The molecule has 0 radical (unpaired) electrons. The number of aliphatic hydroxyl groups is 1. The monoisotopic (exact) mass is 282 g/mol. The molecule has 1 amide bonds. The van der Waals surface area contributed by atoms with Crippen molar-refractivity contribution in [3.05, 3.63) is 28.9 Å². The third kappa shape index (κ3) is 2.66. The smallest absolute Gasteiger partial charge is 0.266 e. The number of aromatic nitrogens is 1. The fourth-order valence-corrected chi connectivity index (χ4v) is 2.97. The van der Waals surface area contributed by atoms with Crippen molar-refractivity contribution in [1.29, 1.82) is 0 Å². The normalized spacial score (nSPS) is 18.1. The number of carbonyl (C=O) groups is 1. The lowest BCUT2D eigenvalue weighted by molar-refractivity contribution is -0.122. The number of aryl methyl sites for hydroxylation is 1. The van der Waals surface area contributed by atoms with Crippen molar-refractivity contribution in [2.45, 2.75) is 6.42 Å². The largest absolute Gasteiger partial charge is 0.396 e. The molecule has 0 bridgehead atoms. The topological polar surface area (TPSA) is 45.5 Å². The van der Waals surface area contributed by atoms with E-state index in [0.717, 1.165) is 5.69 Å². The van der Waals surface area contributed by atoms with E-state index in [9.17, 15) is 4.79 Å². The molecule has 1 fully saturated rings. The highest BCUT2D eigenvalue weighted by molar-refractivity contribution is 8.26. The van der Waals surface area contributed by atoms with E-state index in [1.54, 1.807) is 4.90 Å². The number of amides is 1. The summed E-state index contributed by atoms with van der Waals surface area (Å²) in [5.74, 6) is -0.0698. The average Bonchev–Trinajstić information content (AvgIpc) is 2.84. The van der Waals surface area contributed by atoms with Gasteiger partial charge in [0.1, 0.15) is 4.32 Å².